The highest BCUT2D eigenvalue weighted by Gasteiger charge is 2.25. The zero-order chi connectivity index (χ0) is 11.6. The van der Waals surface area contributed by atoms with Gasteiger partial charge in [0, 0.05) is 5.56 Å². The van der Waals surface area contributed by atoms with Crippen LogP contribution in [0.25, 0.3) is 0 Å². The minimum atomic E-state index is -2.95. The summed E-state index contributed by atoms with van der Waals surface area (Å²) >= 11 is 10.9. The van der Waals surface area contributed by atoms with E-state index in [1.165, 1.54) is 0 Å². The van der Waals surface area contributed by atoms with E-state index in [9.17, 15) is 18.9 Å². The number of aromatic nitrogens is 1. The van der Waals surface area contributed by atoms with Crippen LogP contribution in [-0.4, -0.2) is 9.91 Å². The van der Waals surface area contributed by atoms with E-state index in [1.807, 2.05) is 0 Å². The number of nitro groups is 1. The smallest absolute Gasteiger partial charge is 0.358 e. The standard InChI is InChI=1S/C7H4Cl2F2N2O2/c8-2-3-4(9)1-5(13(14)15)12-6(3)7(10)11/h1,7H,2H2. The zero-order valence-corrected chi connectivity index (χ0v) is 8.60. The lowest BCUT2D eigenvalue weighted by atomic mass is 10.2. The van der Waals surface area contributed by atoms with Crippen LogP contribution in [-0.2, 0) is 5.88 Å². The highest BCUT2D eigenvalue weighted by Crippen LogP contribution is 2.30. The largest absolute Gasteiger partial charge is 0.365 e. The molecule has 1 heterocycles. The SMILES string of the molecule is O=[N+]([O-])c1cc(Cl)c(CCl)c(C(F)F)n1. The van der Waals surface area contributed by atoms with Crippen molar-refractivity contribution in [2.45, 2.75) is 12.3 Å². The van der Waals surface area contributed by atoms with Gasteiger partial charge in [0.05, 0.1) is 17.0 Å². The van der Waals surface area contributed by atoms with E-state index in [2.05, 4.69) is 4.98 Å². The van der Waals surface area contributed by atoms with Crippen molar-refractivity contribution in [2.24, 2.45) is 0 Å². The summed E-state index contributed by atoms with van der Waals surface area (Å²) < 4.78 is 24.9. The fraction of sp³-hybridized carbons (Fsp3) is 0.286. The van der Waals surface area contributed by atoms with Crippen LogP contribution >= 0.6 is 23.2 Å². The Bertz CT molecular complexity index is 401. The van der Waals surface area contributed by atoms with E-state index in [0.717, 1.165) is 6.07 Å². The number of halogens is 4. The molecule has 15 heavy (non-hydrogen) atoms. The molecule has 0 fully saturated rings. The van der Waals surface area contributed by atoms with Gasteiger partial charge in [-0.15, -0.1) is 11.6 Å². The third-order valence-corrected chi connectivity index (χ3v) is 2.22. The molecule has 1 aromatic heterocycles. The van der Waals surface area contributed by atoms with E-state index >= 15 is 0 Å². The van der Waals surface area contributed by atoms with Crippen molar-refractivity contribution in [3.05, 3.63) is 32.5 Å². The molecule has 0 bridgehead atoms. The highest BCUT2D eigenvalue weighted by molar-refractivity contribution is 6.32. The Kier molecular flexibility index (Phi) is 3.76. The van der Waals surface area contributed by atoms with Gasteiger partial charge in [-0.25, -0.2) is 8.78 Å². The summed E-state index contributed by atoms with van der Waals surface area (Å²) in [5.74, 6) is -0.993. The van der Waals surface area contributed by atoms with Gasteiger partial charge in [-0.3, -0.25) is 0 Å². The Morgan fingerprint density at radius 2 is 2.20 bits per heavy atom. The van der Waals surface area contributed by atoms with Crippen molar-refractivity contribution in [3.8, 4) is 0 Å². The van der Waals surface area contributed by atoms with Crippen molar-refractivity contribution in [1.82, 2.24) is 4.98 Å². The van der Waals surface area contributed by atoms with E-state index in [0.29, 0.717) is 0 Å². The van der Waals surface area contributed by atoms with Gasteiger partial charge in [0.1, 0.15) is 0 Å². The van der Waals surface area contributed by atoms with Crippen LogP contribution in [0.4, 0.5) is 14.6 Å². The van der Waals surface area contributed by atoms with E-state index in [-0.39, 0.29) is 16.5 Å². The van der Waals surface area contributed by atoms with Crippen LogP contribution in [0.2, 0.25) is 5.02 Å². The fourth-order valence-corrected chi connectivity index (χ4v) is 1.56. The first-order chi connectivity index (χ1) is 6.97. The van der Waals surface area contributed by atoms with Crippen LogP contribution in [0.5, 0.6) is 0 Å². The molecule has 0 aliphatic rings. The lowest BCUT2D eigenvalue weighted by Gasteiger charge is -2.03. The first kappa shape index (κ1) is 12.1. The van der Waals surface area contributed by atoms with Crippen LogP contribution in [0.3, 0.4) is 0 Å². The van der Waals surface area contributed by atoms with Gasteiger partial charge >= 0.3 is 12.2 Å². The normalized spacial score (nSPS) is 10.7. The molecule has 0 aliphatic heterocycles. The Morgan fingerprint density at radius 1 is 1.60 bits per heavy atom. The molecule has 1 aromatic rings. The number of hydrogen-bond donors (Lipinski definition) is 0. The molecule has 0 radical (unpaired) electrons. The molecule has 0 amide bonds. The molecule has 0 N–H and O–H groups in total. The lowest BCUT2D eigenvalue weighted by molar-refractivity contribution is -0.389. The highest BCUT2D eigenvalue weighted by atomic mass is 35.5. The molecule has 0 unspecified atom stereocenters. The summed E-state index contributed by atoms with van der Waals surface area (Å²) in [6.45, 7) is 0. The van der Waals surface area contributed by atoms with Crippen molar-refractivity contribution >= 4 is 29.0 Å². The van der Waals surface area contributed by atoms with Gasteiger partial charge in [0.25, 0.3) is 0 Å². The number of pyridine rings is 1. The minimum absolute atomic E-state index is 0.0843. The Balaban J connectivity index is 3.38. The second-order valence-corrected chi connectivity index (χ2v) is 3.19. The number of nitrogens with zero attached hydrogens (tertiary/aromatic N) is 2. The third-order valence-electron chi connectivity index (χ3n) is 1.62. The molecule has 1 rings (SSSR count). The zero-order valence-electron chi connectivity index (χ0n) is 7.08. The average Bonchev–Trinajstić information content (AvgIpc) is 2.16. The minimum Gasteiger partial charge on any atom is -0.358 e. The Hall–Kier alpha value is -1.01. The Morgan fingerprint density at radius 3 is 2.60 bits per heavy atom. The second kappa shape index (κ2) is 4.67. The molecule has 8 heteroatoms. The maximum absolute atomic E-state index is 12.4. The van der Waals surface area contributed by atoms with Crippen LogP contribution in [0.15, 0.2) is 6.07 Å². The summed E-state index contributed by atoms with van der Waals surface area (Å²) in [7, 11) is 0. The van der Waals surface area contributed by atoms with Crippen LogP contribution in [0, 0.1) is 10.1 Å². The summed E-state index contributed by atoms with van der Waals surface area (Å²) in [5.41, 5.74) is -0.830. The van der Waals surface area contributed by atoms with Gasteiger partial charge in [0.15, 0.2) is 0 Å². The molecule has 0 aliphatic carbocycles. The van der Waals surface area contributed by atoms with Crippen molar-refractivity contribution in [2.75, 3.05) is 0 Å². The molecule has 82 valence electrons. The number of hydrogen-bond acceptors (Lipinski definition) is 3. The first-order valence-corrected chi connectivity index (χ1v) is 4.56. The predicted octanol–water partition coefficient (Wildman–Crippen LogP) is 3.32. The predicted molar refractivity (Wildman–Crippen MR) is 50.4 cm³/mol. The first-order valence-electron chi connectivity index (χ1n) is 3.65. The van der Waals surface area contributed by atoms with E-state index in [4.69, 9.17) is 23.2 Å². The molecule has 0 aromatic carbocycles. The molecule has 0 atom stereocenters. The summed E-state index contributed by atoms with van der Waals surface area (Å²) in [5, 5.41) is 10.2. The molecular weight excluding hydrogens is 253 g/mol. The monoisotopic (exact) mass is 256 g/mol. The molecule has 0 saturated heterocycles. The van der Waals surface area contributed by atoms with Gasteiger partial charge in [0.2, 0.25) is 5.69 Å². The third kappa shape index (κ3) is 2.51. The molecular formula is C7H4Cl2F2N2O2. The summed E-state index contributed by atoms with van der Waals surface area (Å²) in [6.07, 6.45) is -2.95. The second-order valence-electron chi connectivity index (χ2n) is 2.52. The van der Waals surface area contributed by atoms with Crippen molar-refractivity contribution in [3.63, 3.8) is 0 Å². The van der Waals surface area contributed by atoms with E-state index in [1.54, 1.807) is 0 Å². The Labute approximate surface area is 93.0 Å². The van der Waals surface area contributed by atoms with Gasteiger partial charge in [-0.1, -0.05) is 11.6 Å². The van der Waals surface area contributed by atoms with Crippen LogP contribution < -0.4 is 0 Å². The summed E-state index contributed by atoms with van der Waals surface area (Å²) in [6, 6.07) is 0.894. The summed E-state index contributed by atoms with van der Waals surface area (Å²) in [4.78, 5) is 12.6. The van der Waals surface area contributed by atoms with Gasteiger partial charge in [-0.05, 0) is 9.91 Å². The van der Waals surface area contributed by atoms with Gasteiger partial charge < -0.3 is 10.1 Å². The van der Waals surface area contributed by atoms with E-state index < -0.39 is 22.9 Å². The fourth-order valence-electron chi connectivity index (χ4n) is 0.952. The average molecular weight is 257 g/mol. The lowest BCUT2D eigenvalue weighted by Crippen LogP contribution is -2.02. The van der Waals surface area contributed by atoms with Gasteiger partial charge in [-0.2, -0.15) is 0 Å². The number of rotatable bonds is 3. The topological polar surface area (TPSA) is 56.0 Å². The number of alkyl halides is 3. The molecule has 0 saturated carbocycles. The quantitative estimate of drug-likeness (QED) is 0.474. The van der Waals surface area contributed by atoms with Crippen LogP contribution in [0.1, 0.15) is 17.7 Å². The molecule has 0 spiro atoms. The molecule has 4 nitrogen and oxygen atoms in total. The maximum Gasteiger partial charge on any atom is 0.365 e. The maximum atomic E-state index is 12.4. The van der Waals surface area contributed by atoms with Crippen molar-refractivity contribution < 1.29 is 13.7 Å². The van der Waals surface area contributed by atoms with Crippen molar-refractivity contribution in [1.29, 1.82) is 0 Å².